The summed E-state index contributed by atoms with van der Waals surface area (Å²) in [5, 5.41) is 2.29. The third-order valence-corrected chi connectivity index (χ3v) is 2.63. The summed E-state index contributed by atoms with van der Waals surface area (Å²) in [5.74, 6) is -2.03. The first kappa shape index (κ1) is 12.6. The van der Waals surface area contributed by atoms with Crippen molar-refractivity contribution in [3.63, 3.8) is 0 Å². The number of halogens is 2. The van der Waals surface area contributed by atoms with Gasteiger partial charge in [-0.1, -0.05) is 6.07 Å². The minimum atomic E-state index is -0.848. The third-order valence-electron chi connectivity index (χ3n) is 1.96. The number of hydrogen-bond acceptors (Lipinski definition) is 2. The van der Waals surface area contributed by atoms with Gasteiger partial charge < -0.3 is 11.1 Å². The van der Waals surface area contributed by atoms with Crippen LogP contribution in [0.5, 0.6) is 0 Å². The molecule has 0 radical (unpaired) electrons. The molecule has 1 rings (SSSR count). The fraction of sp³-hybridized carbons (Fsp3) is 0.200. The van der Waals surface area contributed by atoms with E-state index in [-0.39, 0.29) is 5.56 Å². The Morgan fingerprint density at radius 3 is 2.62 bits per heavy atom. The van der Waals surface area contributed by atoms with E-state index in [1.54, 1.807) is 0 Å². The molecule has 1 aromatic rings. The Morgan fingerprint density at radius 2 is 2.12 bits per heavy atom. The minimum Gasteiger partial charge on any atom is -0.368 e. The van der Waals surface area contributed by atoms with Gasteiger partial charge in [0.25, 0.3) is 5.91 Å². The number of nitrogens with two attached hydrogens (primary N) is 1. The maximum Gasteiger partial charge on any atom is 0.256 e. The first-order valence-electron chi connectivity index (χ1n) is 4.47. The van der Waals surface area contributed by atoms with Crippen molar-refractivity contribution >= 4 is 27.7 Å². The summed E-state index contributed by atoms with van der Waals surface area (Å²) < 4.78 is 13.7. The van der Waals surface area contributed by atoms with Crippen LogP contribution in [0.15, 0.2) is 22.7 Å². The molecule has 0 aliphatic rings. The monoisotopic (exact) mass is 288 g/mol. The summed E-state index contributed by atoms with van der Waals surface area (Å²) in [7, 11) is 0. The second-order valence-electron chi connectivity index (χ2n) is 3.19. The molecule has 0 aliphatic heterocycles. The fourth-order valence-electron chi connectivity index (χ4n) is 1.05. The smallest absolute Gasteiger partial charge is 0.256 e. The average Bonchev–Trinajstić information content (AvgIpc) is 2.16. The van der Waals surface area contributed by atoms with Crippen LogP contribution in [0.2, 0.25) is 0 Å². The summed E-state index contributed by atoms with van der Waals surface area (Å²) in [6.45, 7) is 1.43. The van der Waals surface area contributed by atoms with Gasteiger partial charge in [-0.2, -0.15) is 0 Å². The number of rotatable bonds is 3. The molecule has 1 aromatic carbocycles. The number of amides is 2. The molecule has 0 bridgehead atoms. The van der Waals surface area contributed by atoms with Crippen LogP contribution in [0.4, 0.5) is 4.39 Å². The summed E-state index contributed by atoms with van der Waals surface area (Å²) in [5.41, 5.74) is 4.84. The maximum atomic E-state index is 13.3. The molecule has 0 aliphatic carbocycles. The molecular weight excluding hydrogens is 279 g/mol. The van der Waals surface area contributed by atoms with Crippen molar-refractivity contribution < 1.29 is 14.0 Å². The van der Waals surface area contributed by atoms with Gasteiger partial charge in [0.1, 0.15) is 11.9 Å². The van der Waals surface area contributed by atoms with E-state index in [9.17, 15) is 14.0 Å². The van der Waals surface area contributed by atoms with Gasteiger partial charge in [0.15, 0.2) is 0 Å². The largest absolute Gasteiger partial charge is 0.368 e. The summed E-state index contributed by atoms with van der Waals surface area (Å²) >= 11 is 3.06. The zero-order chi connectivity index (χ0) is 12.3. The maximum absolute atomic E-state index is 13.3. The van der Waals surface area contributed by atoms with Crippen molar-refractivity contribution in [3.05, 3.63) is 34.1 Å². The van der Waals surface area contributed by atoms with E-state index in [4.69, 9.17) is 5.73 Å². The molecule has 0 aromatic heterocycles. The molecule has 86 valence electrons. The highest BCUT2D eigenvalue weighted by Crippen LogP contribution is 2.19. The number of nitrogens with one attached hydrogen (secondary N) is 1. The predicted octanol–water partition coefficient (Wildman–Crippen LogP) is 1.19. The van der Waals surface area contributed by atoms with Gasteiger partial charge in [0.05, 0.1) is 5.56 Å². The Balaban J connectivity index is 2.93. The molecule has 6 heteroatoms. The quantitative estimate of drug-likeness (QED) is 0.877. The van der Waals surface area contributed by atoms with Crippen molar-refractivity contribution in [2.24, 2.45) is 5.73 Å². The number of carbonyl (C=O) groups is 2. The number of primary amides is 1. The van der Waals surface area contributed by atoms with Crippen molar-refractivity contribution in [2.45, 2.75) is 13.0 Å². The molecule has 16 heavy (non-hydrogen) atoms. The highest BCUT2D eigenvalue weighted by Gasteiger charge is 2.19. The average molecular weight is 289 g/mol. The Morgan fingerprint density at radius 1 is 1.50 bits per heavy atom. The van der Waals surface area contributed by atoms with E-state index < -0.39 is 23.7 Å². The zero-order valence-corrected chi connectivity index (χ0v) is 10.0. The molecule has 3 N–H and O–H groups in total. The van der Waals surface area contributed by atoms with Crippen LogP contribution in [0.25, 0.3) is 0 Å². The summed E-state index contributed by atoms with van der Waals surface area (Å²) in [4.78, 5) is 22.4. The van der Waals surface area contributed by atoms with Crippen LogP contribution < -0.4 is 11.1 Å². The van der Waals surface area contributed by atoms with E-state index in [1.165, 1.54) is 19.1 Å². The molecule has 0 spiro atoms. The van der Waals surface area contributed by atoms with E-state index >= 15 is 0 Å². The van der Waals surface area contributed by atoms with Gasteiger partial charge in [-0.25, -0.2) is 4.39 Å². The molecule has 0 unspecified atom stereocenters. The predicted molar refractivity (Wildman–Crippen MR) is 60.2 cm³/mol. The van der Waals surface area contributed by atoms with E-state index in [2.05, 4.69) is 21.2 Å². The Hall–Kier alpha value is -1.43. The van der Waals surface area contributed by atoms with Crippen molar-refractivity contribution in [1.29, 1.82) is 0 Å². The molecular formula is C10H10BrFN2O2. The molecule has 2 amide bonds. The van der Waals surface area contributed by atoms with E-state index in [1.807, 2.05) is 0 Å². The Kier molecular flexibility index (Phi) is 4.00. The topological polar surface area (TPSA) is 72.2 Å². The number of benzene rings is 1. The minimum absolute atomic E-state index is 0.143. The number of hydrogen-bond donors (Lipinski definition) is 2. The van der Waals surface area contributed by atoms with E-state index in [0.717, 1.165) is 6.07 Å². The van der Waals surface area contributed by atoms with E-state index in [0.29, 0.717) is 4.47 Å². The molecule has 4 nitrogen and oxygen atoms in total. The lowest BCUT2D eigenvalue weighted by Gasteiger charge is -2.11. The summed E-state index contributed by atoms with van der Waals surface area (Å²) in [6.07, 6.45) is 0. The second kappa shape index (κ2) is 5.07. The molecule has 0 saturated carbocycles. The van der Waals surface area contributed by atoms with Gasteiger partial charge in [-0.15, -0.1) is 0 Å². The van der Waals surface area contributed by atoms with Crippen molar-refractivity contribution in [2.75, 3.05) is 0 Å². The van der Waals surface area contributed by atoms with Crippen LogP contribution in [0, 0.1) is 5.82 Å². The first-order chi connectivity index (χ1) is 7.43. The normalized spacial score (nSPS) is 11.9. The third kappa shape index (κ3) is 2.79. The van der Waals surface area contributed by atoms with Gasteiger partial charge in [0.2, 0.25) is 5.91 Å². The van der Waals surface area contributed by atoms with Crippen LogP contribution in [0.1, 0.15) is 17.3 Å². The van der Waals surface area contributed by atoms with Gasteiger partial charge in [-0.3, -0.25) is 9.59 Å². The standard InChI is InChI=1S/C10H10BrFN2O2/c1-5(9(13)15)14-10(16)8-6(11)3-2-4-7(8)12/h2-5H,1H3,(H2,13,15)(H,14,16)/t5-/m0/s1. The molecule has 0 saturated heterocycles. The highest BCUT2D eigenvalue weighted by atomic mass is 79.9. The molecule has 0 fully saturated rings. The molecule has 0 heterocycles. The SMILES string of the molecule is C[C@H](NC(=O)c1c(F)cccc1Br)C(N)=O. The fourth-order valence-corrected chi connectivity index (χ4v) is 1.58. The molecule has 1 atom stereocenters. The summed E-state index contributed by atoms with van der Waals surface area (Å²) in [6, 6.07) is 3.31. The zero-order valence-electron chi connectivity index (χ0n) is 8.46. The first-order valence-corrected chi connectivity index (χ1v) is 5.27. The Labute approximate surface area is 100 Å². The van der Waals surface area contributed by atoms with Crippen molar-refractivity contribution in [1.82, 2.24) is 5.32 Å². The van der Waals surface area contributed by atoms with Gasteiger partial charge in [0, 0.05) is 4.47 Å². The Bertz CT molecular complexity index is 417. The van der Waals surface area contributed by atoms with Gasteiger partial charge >= 0.3 is 0 Å². The highest BCUT2D eigenvalue weighted by molar-refractivity contribution is 9.10. The van der Waals surface area contributed by atoms with Crippen LogP contribution in [0.3, 0.4) is 0 Å². The van der Waals surface area contributed by atoms with Gasteiger partial charge in [-0.05, 0) is 35.0 Å². The van der Waals surface area contributed by atoms with Crippen LogP contribution >= 0.6 is 15.9 Å². The lowest BCUT2D eigenvalue weighted by Crippen LogP contribution is -2.42. The van der Waals surface area contributed by atoms with Crippen molar-refractivity contribution in [3.8, 4) is 0 Å². The lowest BCUT2D eigenvalue weighted by atomic mass is 10.2. The lowest BCUT2D eigenvalue weighted by molar-refractivity contribution is -0.119. The van der Waals surface area contributed by atoms with Crippen LogP contribution in [-0.4, -0.2) is 17.9 Å². The second-order valence-corrected chi connectivity index (χ2v) is 4.05. The van der Waals surface area contributed by atoms with Crippen LogP contribution in [-0.2, 0) is 4.79 Å². The number of carbonyl (C=O) groups excluding carboxylic acids is 2.